The van der Waals surface area contributed by atoms with Crippen LogP contribution in [0.4, 0.5) is 0 Å². The lowest BCUT2D eigenvalue weighted by Crippen LogP contribution is -1.99. The first-order valence-corrected chi connectivity index (χ1v) is 4.54. The number of hydrogen-bond donors (Lipinski definition) is 0. The minimum atomic E-state index is 0.535. The van der Waals surface area contributed by atoms with Crippen LogP contribution in [0.2, 0.25) is 0 Å². The van der Waals surface area contributed by atoms with Gasteiger partial charge in [-0.2, -0.15) is 0 Å². The molecule has 0 aromatic rings. The molecule has 0 heterocycles. The van der Waals surface area contributed by atoms with Gasteiger partial charge in [-0.1, -0.05) is 25.0 Å². The Hall–Kier alpha value is -0.590. The molecule has 0 aromatic carbocycles. The smallest absolute Gasteiger partial charge is 0.120 e. The Morgan fingerprint density at radius 2 is 2.27 bits per heavy atom. The highest BCUT2D eigenvalue weighted by Gasteiger charge is 2.05. The van der Waals surface area contributed by atoms with Crippen LogP contribution >= 0.6 is 0 Å². The summed E-state index contributed by atoms with van der Waals surface area (Å²) in [6, 6.07) is 0. The van der Waals surface area contributed by atoms with Crippen molar-refractivity contribution in [3.05, 3.63) is 12.2 Å². The van der Waals surface area contributed by atoms with E-state index in [9.17, 15) is 4.79 Å². The van der Waals surface area contributed by atoms with Gasteiger partial charge in [0, 0.05) is 6.42 Å². The Bertz CT molecular complexity index is 138. The van der Waals surface area contributed by atoms with Gasteiger partial charge in [0.15, 0.2) is 0 Å². The van der Waals surface area contributed by atoms with Crippen molar-refractivity contribution in [1.82, 2.24) is 0 Å². The maximum absolute atomic E-state index is 10.2. The largest absolute Gasteiger partial charge is 0.303 e. The number of allylic oxidation sites excluding steroid dienone is 2. The third-order valence-corrected chi connectivity index (χ3v) is 2.25. The van der Waals surface area contributed by atoms with Gasteiger partial charge in [-0.3, -0.25) is 0 Å². The molecule has 0 amide bonds. The summed E-state index contributed by atoms with van der Waals surface area (Å²) in [4.78, 5) is 10.2. The second-order valence-electron chi connectivity index (χ2n) is 3.23. The third kappa shape index (κ3) is 3.35. The summed E-state index contributed by atoms with van der Waals surface area (Å²) in [6.07, 6.45) is 12.6. The van der Waals surface area contributed by atoms with Gasteiger partial charge in [0.1, 0.15) is 6.29 Å². The highest BCUT2D eigenvalue weighted by molar-refractivity contribution is 5.50. The maximum Gasteiger partial charge on any atom is 0.120 e. The van der Waals surface area contributed by atoms with Crippen LogP contribution < -0.4 is 0 Å². The molecule has 11 heavy (non-hydrogen) atoms. The fraction of sp³-hybridized carbons (Fsp3) is 0.700. The summed E-state index contributed by atoms with van der Waals surface area (Å²) in [5, 5.41) is 0. The van der Waals surface area contributed by atoms with E-state index in [2.05, 4.69) is 12.2 Å². The van der Waals surface area contributed by atoms with Crippen LogP contribution in [0.25, 0.3) is 0 Å². The number of hydrogen-bond acceptors (Lipinski definition) is 1. The standard InChI is InChI=1S/C10H16O/c11-9-8-10-6-4-2-1-3-5-7-10/h4,6,9-10H,1-3,5,7-8H2/b6-4-. The first-order valence-electron chi connectivity index (χ1n) is 4.54. The van der Waals surface area contributed by atoms with Crippen molar-refractivity contribution in [1.29, 1.82) is 0 Å². The average Bonchev–Trinajstić information content (AvgIpc) is 1.94. The molecule has 1 aliphatic rings. The van der Waals surface area contributed by atoms with Gasteiger partial charge >= 0.3 is 0 Å². The summed E-state index contributed by atoms with van der Waals surface area (Å²) in [5.74, 6) is 0.535. The molecule has 1 atom stereocenters. The molecule has 0 radical (unpaired) electrons. The lowest BCUT2D eigenvalue weighted by Gasteiger charge is -2.11. The van der Waals surface area contributed by atoms with Crippen molar-refractivity contribution in [2.75, 3.05) is 0 Å². The van der Waals surface area contributed by atoms with E-state index < -0.39 is 0 Å². The Balaban J connectivity index is 2.35. The Kier molecular flexibility index (Phi) is 3.95. The molecule has 0 bridgehead atoms. The number of aldehydes is 1. The van der Waals surface area contributed by atoms with E-state index in [1.165, 1.54) is 32.1 Å². The third-order valence-electron chi connectivity index (χ3n) is 2.25. The molecule has 1 heteroatoms. The summed E-state index contributed by atoms with van der Waals surface area (Å²) >= 11 is 0. The van der Waals surface area contributed by atoms with Gasteiger partial charge in [0.2, 0.25) is 0 Å². The zero-order valence-corrected chi connectivity index (χ0v) is 6.96. The van der Waals surface area contributed by atoms with Crippen molar-refractivity contribution < 1.29 is 4.79 Å². The van der Waals surface area contributed by atoms with Crippen molar-refractivity contribution in [3.8, 4) is 0 Å². The van der Waals surface area contributed by atoms with Gasteiger partial charge in [-0.15, -0.1) is 0 Å². The van der Waals surface area contributed by atoms with Crippen LogP contribution in [-0.4, -0.2) is 6.29 Å². The molecule has 0 saturated heterocycles. The Morgan fingerprint density at radius 3 is 3.09 bits per heavy atom. The minimum Gasteiger partial charge on any atom is -0.303 e. The molecular formula is C10H16O. The Labute approximate surface area is 68.5 Å². The second-order valence-corrected chi connectivity index (χ2v) is 3.23. The van der Waals surface area contributed by atoms with Gasteiger partial charge in [0.05, 0.1) is 0 Å². The van der Waals surface area contributed by atoms with Crippen LogP contribution in [0, 0.1) is 5.92 Å². The molecule has 1 aliphatic carbocycles. The van der Waals surface area contributed by atoms with Crippen molar-refractivity contribution in [2.24, 2.45) is 5.92 Å². The van der Waals surface area contributed by atoms with Crippen LogP contribution in [-0.2, 0) is 4.79 Å². The maximum atomic E-state index is 10.2. The van der Waals surface area contributed by atoms with Crippen molar-refractivity contribution in [2.45, 2.75) is 38.5 Å². The molecule has 1 unspecified atom stereocenters. The topological polar surface area (TPSA) is 17.1 Å². The van der Waals surface area contributed by atoms with E-state index in [-0.39, 0.29) is 0 Å². The summed E-state index contributed by atoms with van der Waals surface area (Å²) < 4.78 is 0. The minimum absolute atomic E-state index is 0.535. The predicted octanol–water partition coefficient (Wildman–Crippen LogP) is 2.71. The van der Waals surface area contributed by atoms with Crippen LogP contribution in [0.5, 0.6) is 0 Å². The molecule has 0 aliphatic heterocycles. The lowest BCUT2D eigenvalue weighted by atomic mass is 9.95. The average molecular weight is 152 g/mol. The van der Waals surface area contributed by atoms with Gasteiger partial charge in [-0.05, 0) is 25.2 Å². The molecule has 0 saturated carbocycles. The van der Waals surface area contributed by atoms with E-state index >= 15 is 0 Å². The first-order chi connectivity index (χ1) is 5.43. The molecule has 0 aromatic heterocycles. The fourth-order valence-electron chi connectivity index (χ4n) is 1.55. The highest BCUT2D eigenvalue weighted by Crippen LogP contribution is 2.18. The van der Waals surface area contributed by atoms with E-state index in [0.29, 0.717) is 5.92 Å². The molecule has 1 nitrogen and oxygen atoms in total. The zero-order valence-electron chi connectivity index (χ0n) is 6.96. The fourth-order valence-corrected chi connectivity index (χ4v) is 1.55. The zero-order chi connectivity index (χ0) is 7.94. The van der Waals surface area contributed by atoms with Gasteiger partial charge in [0.25, 0.3) is 0 Å². The normalized spacial score (nSPS) is 28.5. The van der Waals surface area contributed by atoms with E-state index in [1.54, 1.807) is 0 Å². The molecule has 0 spiro atoms. The van der Waals surface area contributed by atoms with Crippen molar-refractivity contribution in [3.63, 3.8) is 0 Å². The molecule has 0 fully saturated rings. The summed E-state index contributed by atoms with van der Waals surface area (Å²) in [6.45, 7) is 0. The number of rotatable bonds is 2. The Morgan fingerprint density at radius 1 is 1.36 bits per heavy atom. The van der Waals surface area contributed by atoms with Gasteiger partial charge < -0.3 is 4.79 Å². The highest BCUT2D eigenvalue weighted by atomic mass is 16.1. The van der Waals surface area contributed by atoms with E-state index in [1.807, 2.05) is 0 Å². The number of carbonyl (C=O) groups is 1. The monoisotopic (exact) mass is 152 g/mol. The number of carbonyl (C=O) groups excluding carboxylic acids is 1. The van der Waals surface area contributed by atoms with Crippen LogP contribution in [0.3, 0.4) is 0 Å². The quantitative estimate of drug-likeness (QED) is 0.439. The van der Waals surface area contributed by atoms with Crippen LogP contribution in [0.15, 0.2) is 12.2 Å². The molecular weight excluding hydrogens is 136 g/mol. The molecule has 0 N–H and O–H groups in total. The second kappa shape index (κ2) is 5.11. The van der Waals surface area contributed by atoms with Gasteiger partial charge in [-0.25, -0.2) is 0 Å². The molecule has 1 rings (SSSR count). The molecule has 62 valence electrons. The SMILES string of the molecule is O=CCC1/C=C\CCCCC1. The lowest BCUT2D eigenvalue weighted by molar-refractivity contribution is -0.108. The summed E-state index contributed by atoms with van der Waals surface area (Å²) in [5.41, 5.74) is 0. The summed E-state index contributed by atoms with van der Waals surface area (Å²) in [7, 11) is 0. The van der Waals surface area contributed by atoms with Crippen LogP contribution in [0.1, 0.15) is 38.5 Å². The van der Waals surface area contributed by atoms with Crippen molar-refractivity contribution >= 4 is 6.29 Å². The predicted molar refractivity (Wildman–Crippen MR) is 46.4 cm³/mol. The first kappa shape index (κ1) is 8.51. The van der Waals surface area contributed by atoms with E-state index in [0.717, 1.165) is 12.7 Å². The van der Waals surface area contributed by atoms with E-state index in [4.69, 9.17) is 0 Å².